The lowest BCUT2D eigenvalue weighted by atomic mass is 9.91. The highest BCUT2D eigenvalue weighted by Gasteiger charge is 2.41. The second-order valence-corrected chi connectivity index (χ2v) is 13.2. The molecule has 4 amide bonds. The molecular weight excluding hydrogens is 614 g/mol. The van der Waals surface area contributed by atoms with E-state index in [2.05, 4.69) is 16.0 Å². The number of carbonyl (C=O) groups excluding carboxylic acids is 5. The van der Waals surface area contributed by atoms with Crippen LogP contribution in [0.4, 0.5) is 0 Å². The number of amides is 4. The van der Waals surface area contributed by atoms with Crippen LogP contribution in [0, 0.1) is 11.8 Å². The summed E-state index contributed by atoms with van der Waals surface area (Å²) in [7, 11) is 1.55. The van der Waals surface area contributed by atoms with E-state index in [1.54, 1.807) is 29.9 Å². The topological polar surface area (TPSA) is 159 Å². The van der Waals surface area contributed by atoms with Gasteiger partial charge in [-0.2, -0.15) is 4.73 Å². The zero-order valence-corrected chi connectivity index (χ0v) is 28.8. The van der Waals surface area contributed by atoms with Crippen LogP contribution in [0.3, 0.4) is 0 Å². The summed E-state index contributed by atoms with van der Waals surface area (Å²) in [5.74, 6) is -1.97. The van der Waals surface area contributed by atoms with Gasteiger partial charge in [0.05, 0.1) is 5.52 Å². The van der Waals surface area contributed by atoms with Crippen LogP contribution < -0.4 is 20.8 Å². The van der Waals surface area contributed by atoms with Crippen molar-refractivity contribution in [1.82, 2.24) is 25.6 Å². The lowest BCUT2D eigenvalue weighted by Gasteiger charge is -2.39. The Morgan fingerprint density at radius 2 is 1.71 bits per heavy atom. The summed E-state index contributed by atoms with van der Waals surface area (Å²) in [4.78, 5) is 75.5. The van der Waals surface area contributed by atoms with Crippen molar-refractivity contribution in [1.29, 1.82) is 0 Å². The van der Waals surface area contributed by atoms with Crippen molar-refractivity contribution in [2.45, 2.75) is 116 Å². The third-order valence-electron chi connectivity index (χ3n) is 10.1. The van der Waals surface area contributed by atoms with E-state index in [0.29, 0.717) is 51.5 Å². The average molecular weight is 668 g/mol. The Hall–Kier alpha value is -3.93. The molecule has 0 radical (unpaired) electrons. The molecule has 4 N–H and O–H groups in total. The molecule has 1 aromatic carbocycles. The van der Waals surface area contributed by atoms with Crippen LogP contribution in [-0.2, 0) is 30.4 Å². The van der Waals surface area contributed by atoms with Crippen LogP contribution >= 0.6 is 0 Å². The van der Waals surface area contributed by atoms with Gasteiger partial charge in [-0.3, -0.25) is 24.0 Å². The number of nitrogens with zero attached hydrogens (tertiary/aromatic N) is 2. The van der Waals surface area contributed by atoms with E-state index in [-0.39, 0.29) is 48.9 Å². The van der Waals surface area contributed by atoms with Crippen LogP contribution in [0.2, 0.25) is 0 Å². The van der Waals surface area contributed by atoms with Crippen LogP contribution in [0.25, 0.3) is 10.9 Å². The number of Topliss-reactive ketones (excluding diaryl/α,β-unsaturated/α-hetero) is 1. The molecule has 0 bridgehead atoms. The summed E-state index contributed by atoms with van der Waals surface area (Å²) in [6.45, 7) is 5.99. The van der Waals surface area contributed by atoms with Crippen molar-refractivity contribution in [3.63, 3.8) is 0 Å². The summed E-state index contributed by atoms with van der Waals surface area (Å²) in [6.07, 6.45) is 7.36. The van der Waals surface area contributed by atoms with E-state index in [4.69, 9.17) is 4.84 Å². The molecule has 12 heteroatoms. The minimum Gasteiger partial charge on any atom is -0.417 e. The van der Waals surface area contributed by atoms with Gasteiger partial charge in [0.2, 0.25) is 23.6 Å². The predicted octanol–water partition coefficient (Wildman–Crippen LogP) is 2.68. The molecule has 2 fully saturated rings. The van der Waals surface area contributed by atoms with Gasteiger partial charge in [0.25, 0.3) is 0 Å². The van der Waals surface area contributed by atoms with Crippen molar-refractivity contribution in [3.8, 4) is 0 Å². The second-order valence-electron chi connectivity index (χ2n) is 13.2. The molecule has 2 saturated heterocycles. The Bertz CT molecular complexity index is 1440. The fourth-order valence-electron chi connectivity index (χ4n) is 7.00. The molecule has 48 heavy (non-hydrogen) atoms. The Balaban J connectivity index is 1.65. The number of benzene rings is 1. The zero-order chi connectivity index (χ0) is 34.8. The predicted molar refractivity (Wildman–Crippen MR) is 182 cm³/mol. The first-order chi connectivity index (χ1) is 23.1. The first kappa shape index (κ1) is 36.9. The van der Waals surface area contributed by atoms with Gasteiger partial charge in [-0.25, -0.2) is 0 Å². The fraction of sp³-hybridized carbons (Fsp3) is 0.639. The van der Waals surface area contributed by atoms with Gasteiger partial charge in [-0.15, -0.1) is 0 Å². The summed E-state index contributed by atoms with van der Waals surface area (Å²) in [6, 6.07) is 4.02. The van der Waals surface area contributed by atoms with Gasteiger partial charge in [0, 0.05) is 43.5 Å². The molecular formula is C36H53N5O7. The van der Waals surface area contributed by atoms with Gasteiger partial charge in [-0.1, -0.05) is 58.2 Å². The third-order valence-corrected chi connectivity index (χ3v) is 10.1. The molecule has 0 saturated carbocycles. The quantitative estimate of drug-likeness (QED) is 0.226. The molecule has 4 rings (SSSR count). The molecule has 0 spiro atoms. The Labute approximate surface area is 283 Å². The number of para-hydroxylation sites is 1. The number of hydrogen-bond acceptors (Lipinski definition) is 7. The molecule has 0 aliphatic carbocycles. The Morgan fingerprint density at radius 1 is 0.979 bits per heavy atom. The first-order valence-corrected chi connectivity index (χ1v) is 17.6. The maximum absolute atomic E-state index is 14.1. The number of aliphatic hydroxyl groups excluding tert-OH is 1. The van der Waals surface area contributed by atoms with E-state index < -0.39 is 36.0 Å². The first-order valence-electron chi connectivity index (χ1n) is 17.6. The molecule has 2 aliphatic rings. The van der Waals surface area contributed by atoms with Crippen molar-refractivity contribution in [3.05, 3.63) is 36.0 Å². The van der Waals surface area contributed by atoms with Crippen molar-refractivity contribution in [2.24, 2.45) is 11.8 Å². The van der Waals surface area contributed by atoms with Gasteiger partial charge in [0.1, 0.15) is 37.1 Å². The van der Waals surface area contributed by atoms with Gasteiger partial charge >= 0.3 is 0 Å². The van der Waals surface area contributed by atoms with Crippen molar-refractivity contribution < 1.29 is 33.9 Å². The molecule has 2 aromatic rings. The lowest BCUT2D eigenvalue weighted by molar-refractivity contribution is -0.147. The average Bonchev–Trinajstić information content (AvgIpc) is 3.46. The maximum Gasteiger partial charge on any atom is 0.246 e. The molecule has 6 atom stereocenters. The highest BCUT2D eigenvalue weighted by molar-refractivity contribution is 5.98. The molecule has 3 heterocycles. The molecule has 2 aliphatic heterocycles. The standard InChI is InChI=1S/C36H53N5O7/c1-5-23(3)32-36(47)40-19-12-11-17-30(40)35(46)37-27(15-9-7-13-24(18-20-42)31(43)6-2)33(44)38-28(34(45)39-32)21-25-22-41(48-4)29-16-10-8-14-26(25)29/h8,10,14,16,22-24,27-28,30,32,42H,5-7,9,11-13,15,17-21H2,1-4H3,(H,37,46)(H,38,44)(H,39,45)/t23?,24?,27-,28-,30+,32-/m0/s1. The number of aromatic nitrogens is 1. The van der Waals surface area contributed by atoms with E-state index in [1.807, 2.05) is 38.1 Å². The van der Waals surface area contributed by atoms with Crippen LogP contribution in [0.15, 0.2) is 30.5 Å². The summed E-state index contributed by atoms with van der Waals surface area (Å²) < 4.78 is 1.61. The van der Waals surface area contributed by atoms with Crippen LogP contribution in [0.1, 0.15) is 90.5 Å². The maximum atomic E-state index is 14.1. The molecule has 2 unspecified atom stereocenters. The van der Waals surface area contributed by atoms with E-state index in [0.717, 1.165) is 29.3 Å². The number of fused-ring (bicyclic) bond motifs is 2. The Kier molecular flexibility index (Phi) is 13.4. The van der Waals surface area contributed by atoms with Crippen molar-refractivity contribution in [2.75, 3.05) is 20.3 Å². The number of carbonyl (C=O) groups is 5. The van der Waals surface area contributed by atoms with Crippen LogP contribution in [0.5, 0.6) is 0 Å². The zero-order valence-electron chi connectivity index (χ0n) is 28.8. The number of nitrogens with one attached hydrogen (secondary N) is 3. The van der Waals surface area contributed by atoms with E-state index in [1.165, 1.54) is 0 Å². The lowest BCUT2D eigenvalue weighted by Crippen LogP contribution is -2.64. The second kappa shape index (κ2) is 17.5. The summed E-state index contributed by atoms with van der Waals surface area (Å²) in [5.41, 5.74) is 1.59. The van der Waals surface area contributed by atoms with Gasteiger partial charge < -0.3 is 30.8 Å². The molecule has 264 valence electrons. The minimum absolute atomic E-state index is 0.0709. The number of hydrogen-bond donors (Lipinski definition) is 4. The largest absolute Gasteiger partial charge is 0.417 e. The Morgan fingerprint density at radius 3 is 2.42 bits per heavy atom. The third kappa shape index (κ3) is 8.75. The molecule has 12 nitrogen and oxygen atoms in total. The summed E-state index contributed by atoms with van der Waals surface area (Å²) in [5, 5.41) is 19.2. The van der Waals surface area contributed by atoms with Crippen molar-refractivity contribution >= 4 is 40.3 Å². The summed E-state index contributed by atoms with van der Waals surface area (Å²) >= 11 is 0. The highest BCUT2D eigenvalue weighted by atomic mass is 16.6. The van der Waals surface area contributed by atoms with Gasteiger partial charge in [-0.05, 0) is 56.1 Å². The smallest absolute Gasteiger partial charge is 0.246 e. The number of rotatable bonds is 14. The fourth-order valence-corrected chi connectivity index (χ4v) is 7.00. The number of piperidine rings is 1. The van der Waals surface area contributed by atoms with Crippen LogP contribution in [-0.4, -0.2) is 88.6 Å². The monoisotopic (exact) mass is 667 g/mol. The number of ketones is 1. The normalized spacial score (nSPS) is 23.6. The molecule has 1 aromatic heterocycles. The van der Waals surface area contributed by atoms with Gasteiger partial charge in [0.15, 0.2) is 0 Å². The SMILES string of the molecule is CCC(=O)C(CCO)CCCC[C@@H]1NC(=O)[C@H]2CCCCN2C(=O)[C@H](C(C)CC)NC(=O)[C@H](Cc2cn(OC)c3ccccc23)NC1=O. The highest BCUT2D eigenvalue weighted by Crippen LogP contribution is 2.25. The van der Waals surface area contributed by atoms with E-state index in [9.17, 15) is 29.1 Å². The number of aliphatic hydroxyl groups is 1. The van der Waals surface area contributed by atoms with E-state index >= 15 is 0 Å². The minimum atomic E-state index is -1.04. The number of unbranched alkanes of at least 4 members (excludes halogenated alkanes) is 1.